The molecule has 0 spiro atoms. The molecule has 0 bridgehead atoms. The maximum atomic E-state index is 12.7. The molecule has 0 amide bonds. The van der Waals surface area contributed by atoms with Crippen molar-refractivity contribution in [3.05, 3.63) is 29.3 Å². The molecular weight excluding hydrogens is 235 g/mol. The van der Waals surface area contributed by atoms with E-state index in [0.29, 0.717) is 0 Å². The van der Waals surface area contributed by atoms with Gasteiger partial charge in [-0.2, -0.15) is 13.2 Å². The summed E-state index contributed by atoms with van der Waals surface area (Å²) in [6, 6.07) is 3.11. The van der Waals surface area contributed by atoms with Crippen LogP contribution in [0.4, 0.5) is 18.9 Å². The third-order valence-electron chi connectivity index (χ3n) is 2.53. The Kier molecular flexibility index (Phi) is 2.73. The predicted octanol–water partition coefficient (Wildman–Crippen LogP) is 2.98. The van der Waals surface area contributed by atoms with Crippen molar-refractivity contribution in [1.82, 2.24) is 0 Å². The number of carboxylic acids is 1. The highest BCUT2D eigenvalue weighted by Gasteiger charge is 2.36. The van der Waals surface area contributed by atoms with Crippen LogP contribution in [0, 0.1) is 0 Å². The third kappa shape index (κ3) is 2.51. The molecule has 0 atom stereocenters. The van der Waals surface area contributed by atoms with E-state index >= 15 is 0 Å². The van der Waals surface area contributed by atoms with E-state index in [9.17, 15) is 18.0 Å². The van der Waals surface area contributed by atoms with Crippen LogP contribution in [0.15, 0.2) is 18.2 Å². The normalized spacial score (nSPS) is 15.7. The van der Waals surface area contributed by atoms with Crippen molar-refractivity contribution >= 4 is 11.7 Å². The van der Waals surface area contributed by atoms with Crippen LogP contribution in [-0.2, 0) is 6.18 Å². The predicted molar refractivity (Wildman–Crippen MR) is 55.0 cm³/mol. The van der Waals surface area contributed by atoms with Crippen LogP contribution in [0.25, 0.3) is 0 Å². The summed E-state index contributed by atoms with van der Waals surface area (Å²) in [6.45, 7) is 0. The van der Waals surface area contributed by atoms with Gasteiger partial charge in [0.2, 0.25) is 0 Å². The molecule has 92 valence electrons. The highest BCUT2D eigenvalue weighted by molar-refractivity contribution is 5.95. The Morgan fingerprint density at radius 2 is 2.00 bits per heavy atom. The van der Waals surface area contributed by atoms with Crippen molar-refractivity contribution in [2.24, 2.45) is 0 Å². The minimum Gasteiger partial charge on any atom is -0.478 e. The van der Waals surface area contributed by atoms with Crippen LogP contribution >= 0.6 is 0 Å². The first-order valence-electron chi connectivity index (χ1n) is 5.09. The Labute approximate surface area is 95.3 Å². The lowest BCUT2D eigenvalue weighted by Gasteiger charge is -2.16. The summed E-state index contributed by atoms with van der Waals surface area (Å²) in [7, 11) is 0. The molecular formula is C11H10F3NO2. The molecule has 1 aliphatic carbocycles. The lowest BCUT2D eigenvalue weighted by molar-refractivity contribution is -0.137. The van der Waals surface area contributed by atoms with Gasteiger partial charge in [-0.15, -0.1) is 0 Å². The molecule has 2 N–H and O–H groups in total. The standard InChI is InChI=1S/C11H10F3NO2/c12-11(13,14)8-3-1-2-7(10(16)17)9(8)15-6-4-5-6/h1-3,6,15H,4-5H2,(H,16,17). The fraction of sp³-hybridized carbons (Fsp3) is 0.364. The maximum Gasteiger partial charge on any atom is 0.418 e. The van der Waals surface area contributed by atoms with Gasteiger partial charge in [-0.05, 0) is 25.0 Å². The zero-order chi connectivity index (χ0) is 12.6. The molecule has 0 unspecified atom stereocenters. The first kappa shape index (κ1) is 11.8. The molecule has 0 aromatic heterocycles. The van der Waals surface area contributed by atoms with Crippen molar-refractivity contribution < 1.29 is 23.1 Å². The fourth-order valence-electron chi connectivity index (χ4n) is 1.55. The van der Waals surface area contributed by atoms with Gasteiger partial charge >= 0.3 is 12.1 Å². The summed E-state index contributed by atoms with van der Waals surface area (Å²) < 4.78 is 38.2. The average Bonchev–Trinajstić information content (AvgIpc) is 3.00. The second-order valence-electron chi connectivity index (χ2n) is 3.95. The summed E-state index contributed by atoms with van der Waals surface area (Å²) in [6.07, 6.45) is -3.01. The van der Waals surface area contributed by atoms with Gasteiger partial charge in [0.25, 0.3) is 0 Å². The number of halogens is 3. The van der Waals surface area contributed by atoms with Gasteiger partial charge in [0, 0.05) is 6.04 Å². The van der Waals surface area contributed by atoms with Gasteiger partial charge in [-0.3, -0.25) is 0 Å². The number of hydrogen-bond acceptors (Lipinski definition) is 2. The molecule has 3 nitrogen and oxygen atoms in total. The molecule has 6 heteroatoms. The Balaban J connectivity index is 2.49. The Morgan fingerprint density at radius 1 is 1.35 bits per heavy atom. The molecule has 1 fully saturated rings. The van der Waals surface area contributed by atoms with Crippen molar-refractivity contribution in [3.8, 4) is 0 Å². The molecule has 1 saturated carbocycles. The third-order valence-corrected chi connectivity index (χ3v) is 2.53. The lowest BCUT2D eigenvalue weighted by Crippen LogP contribution is -2.15. The first-order valence-corrected chi connectivity index (χ1v) is 5.09. The number of aromatic carboxylic acids is 1. The number of rotatable bonds is 3. The SMILES string of the molecule is O=C(O)c1cccc(C(F)(F)F)c1NC1CC1. The molecule has 1 aromatic rings. The van der Waals surface area contributed by atoms with Crippen molar-refractivity contribution in [2.45, 2.75) is 25.1 Å². The van der Waals surface area contributed by atoms with Crippen LogP contribution in [0.5, 0.6) is 0 Å². The first-order chi connectivity index (χ1) is 7.89. The number of carboxylic acid groups (broad SMARTS) is 1. The van der Waals surface area contributed by atoms with Gasteiger partial charge in [-0.25, -0.2) is 4.79 Å². The Bertz CT molecular complexity index is 453. The minimum absolute atomic E-state index is 0.0448. The number of hydrogen-bond donors (Lipinski definition) is 2. The zero-order valence-corrected chi connectivity index (χ0v) is 8.71. The summed E-state index contributed by atoms with van der Waals surface area (Å²) in [5.41, 5.74) is -1.59. The summed E-state index contributed by atoms with van der Waals surface area (Å²) in [4.78, 5) is 10.9. The molecule has 1 aliphatic rings. The molecule has 2 rings (SSSR count). The van der Waals surface area contributed by atoms with E-state index < -0.39 is 17.7 Å². The van der Waals surface area contributed by atoms with E-state index in [-0.39, 0.29) is 17.3 Å². The van der Waals surface area contributed by atoms with Gasteiger partial charge in [0.1, 0.15) is 0 Å². The number of carbonyl (C=O) groups is 1. The minimum atomic E-state index is -4.55. The van der Waals surface area contributed by atoms with Gasteiger partial charge in [-0.1, -0.05) is 6.07 Å². The van der Waals surface area contributed by atoms with E-state index in [1.165, 1.54) is 6.07 Å². The highest BCUT2D eigenvalue weighted by Crippen LogP contribution is 2.38. The smallest absolute Gasteiger partial charge is 0.418 e. The van der Waals surface area contributed by atoms with Crippen molar-refractivity contribution in [2.75, 3.05) is 5.32 Å². The second kappa shape index (κ2) is 3.94. The van der Waals surface area contributed by atoms with Crippen LogP contribution in [-0.4, -0.2) is 17.1 Å². The van der Waals surface area contributed by atoms with Crippen molar-refractivity contribution in [1.29, 1.82) is 0 Å². The van der Waals surface area contributed by atoms with Crippen LogP contribution < -0.4 is 5.32 Å². The van der Waals surface area contributed by atoms with Gasteiger partial charge in [0.15, 0.2) is 0 Å². The number of nitrogens with one attached hydrogen (secondary N) is 1. The number of benzene rings is 1. The monoisotopic (exact) mass is 245 g/mol. The summed E-state index contributed by atoms with van der Waals surface area (Å²) >= 11 is 0. The van der Waals surface area contributed by atoms with E-state index in [2.05, 4.69) is 5.32 Å². The highest BCUT2D eigenvalue weighted by atomic mass is 19.4. The summed E-state index contributed by atoms with van der Waals surface area (Å²) in [5.74, 6) is -1.36. The van der Waals surface area contributed by atoms with E-state index in [1.54, 1.807) is 0 Å². The molecule has 0 radical (unpaired) electrons. The van der Waals surface area contributed by atoms with Crippen molar-refractivity contribution in [3.63, 3.8) is 0 Å². The van der Waals surface area contributed by atoms with Gasteiger partial charge < -0.3 is 10.4 Å². The quantitative estimate of drug-likeness (QED) is 0.860. The fourth-order valence-corrected chi connectivity index (χ4v) is 1.55. The molecule has 0 aliphatic heterocycles. The molecule has 0 saturated heterocycles. The number of para-hydroxylation sites is 1. The summed E-state index contributed by atoms with van der Waals surface area (Å²) in [5, 5.41) is 11.5. The van der Waals surface area contributed by atoms with Crippen LogP contribution in [0.3, 0.4) is 0 Å². The maximum absolute atomic E-state index is 12.7. The molecule has 0 heterocycles. The number of anilines is 1. The molecule has 1 aromatic carbocycles. The van der Waals surface area contributed by atoms with E-state index in [1.807, 2.05) is 0 Å². The largest absolute Gasteiger partial charge is 0.478 e. The lowest BCUT2D eigenvalue weighted by atomic mass is 10.1. The van der Waals surface area contributed by atoms with Crippen LogP contribution in [0.2, 0.25) is 0 Å². The second-order valence-corrected chi connectivity index (χ2v) is 3.95. The van der Waals surface area contributed by atoms with E-state index in [4.69, 9.17) is 5.11 Å². The topological polar surface area (TPSA) is 49.3 Å². The Hall–Kier alpha value is -1.72. The van der Waals surface area contributed by atoms with E-state index in [0.717, 1.165) is 25.0 Å². The average molecular weight is 245 g/mol. The van der Waals surface area contributed by atoms with Crippen LogP contribution in [0.1, 0.15) is 28.8 Å². The molecule has 17 heavy (non-hydrogen) atoms. The number of alkyl halides is 3. The van der Waals surface area contributed by atoms with Gasteiger partial charge in [0.05, 0.1) is 16.8 Å². The Morgan fingerprint density at radius 3 is 2.47 bits per heavy atom. The zero-order valence-electron chi connectivity index (χ0n) is 8.71.